The average Bonchev–Trinajstić information content (AvgIpc) is 3.09. The second kappa shape index (κ2) is 7.16. The van der Waals surface area contributed by atoms with E-state index in [1.807, 2.05) is 11.1 Å². The van der Waals surface area contributed by atoms with Crippen molar-refractivity contribution in [2.24, 2.45) is 0 Å². The third kappa shape index (κ3) is 3.76. The largest absolute Gasteiger partial charge is 0.390 e. The highest BCUT2D eigenvalue weighted by Crippen LogP contribution is 2.28. The average molecular weight is 377 g/mol. The normalized spacial score (nSPS) is 23.7. The van der Waals surface area contributed by atoms with Crippen LogP contribution in [-0.2, 0) is 16.1 Å². The highest BCUT2D eigenvalue weighted by atomic mass is 35.5. The number of H-pyrrole nitrogens is 1. The number of halogens is 2. The summed E-state index contributed by atoms with van der Waals surface area (Å²) in [5.74, 6) is -1.10. The van der Waals surface area contributed by atoms with Crippen LogP contribution in [0.4, 0.5) is 4.39 Å². The van der Waals surface area contributed by atoms with Crippen LogP contribution < -0.4 is 11.2 Å². The number of aromatic nitrogens is 2. The van der Waals surface area contributed by atoms with Crippen molar-refractivity contribution >= 4 is 22.9 Å². The fraction of sp³-hybridized carbons (Fsp3) is 0.429. The quantitative estimate of drug-likeness (QED) is 0.819. The molecular formula is C14H14ClFN2O5S. The summed E-state index contributed by atoms with van der Waals surface area (Å²) >= 11 is 7.21. The lowest BCUT2D eigenvalue weighted by atomic mass is 10.2. The molecule has 1 saturated heterocycles. The Labute approximate surface area is 144 Å². The first-order valence-electron chi connectivity index (χ1n) is 7.10. The van der Waals surface area contributed by atoms with Gasteiger partial charge in [0.1, 0.15) is 12.3 Å². The van der Waals surface area contributed by atoms with E-state index in [4.69, 9.17) is 21.1 Å². The van der Waals surface area contributed by atoms with Crippen molar-refractivity contribution in [2.75, 3.05) is 6.61 Å². The summed E-state index contributed by atoms with van der Waals surface area (Å²) in [5.41, 5.74) is -1.89. The van der Waals surface area contributed by atoms with E-state index in [1.165, 1.54) is 11.3 Å². The molecule has 2 aromatic heterocycles. The van der Waals surface area contributed by atoms with E-state index in [1.54, 1.807) is 6.07 Å². The Hall–Kier alpha value is -1.52. The lowest BCUT2D eigenvalue weighted by Crippen LogP contribution is -2.34. The molecule has 1 aliphatic rings. The van der Waals surface area contributed by atoms with Gasteiger partial charge in [-0.3, -0.25) is 14.3 Å². The summed E-state index contributed by atoms with van der Waals surface area (Å²) in [5, 5.41) is 10.0. The van der Waals surface area contributed by atoms with Crippen LogP contribution in [0.2, 0.25) is 4.34 Å². The molecule has 0 spiro atoms. The number of nitrogens with one attached hydrogen (secondary N) is 1. The number of aromatic amines is 1. The molecule has 2 aromatic rings. The molecule has 1 aliphatic heterocycles. The molecule has 3 rings (SSSR count). The Morgan fingerprint density at radius 1 is 1.50 bits per heavy atom. The minimum Gasteiger partial charge on any atom is -0.390 e. The molecule has 0 amide bonds. The molecule has 3 atom stereocenters. The number of thiophene rings is 1. The first-order valence-corrected chi connectivity index (χ1v) is 8.30. The van der Waals surface area contributed by atoms with Crippen LogP contribution in [0.3, 0.4) is 0 Å². The Kier molecular flexibility index (Phi) is 5.16. The Morgan fingerprint density at radius 3 is 3.00 bits per heavy atom. The maximum absolute atomic E-state index is 13.3. The number of aliphatic hydroxyl groups is 1. The molecule has 24 heavy (non-hydrogen) atoms. The van der Waals surface area contributed by atoms with Gasteiger partial charge in [-0.15, -0.1) is 11.3 Å². The molecule has 1 fully saturated rings. The third-order valence-corrected chi connectivity index (χ3v) is 4.80. The minimum atomic E-state index is -1.10. The van der Waals surface area contributed by atoms with E-state index >= 15 is 0 Å². The van der Waals surface area contributed by atoms with Crippen LogP contribution in [0, 0.1) is 5.82 Å². The van der Waals surface area contributed by atoms with Gasteiger partial charge in [0.15, 0.2) is 0 Å². The topological polar surface area (TPSA) is 93.6 Å². The predicted octanol–water partition coefficient (Wildman–Crippen LogP) is 1.26. The minimum absolute atomic E-state index is 0.0875. The van der Waals surface area contributed by atoms with Crippen LogP contribution in [0.1, 0.15) is 17.5 Å². The van der Waals surface area contributed by atoms with Gasteiger partial charge in [0.25, 0.3) is 5.56 Å². The van der Waals surface area contributed by atoms with Crippen LogP contribution in [0.25, 0.3) is 0 Å². The summed E-state index contributed by atoms with van der Waals surface area (Å²) in [6, 6.07) is 3.60. The Balaban J connectivity index is 1.61. The van der Waals surface area contributed by atoms with Gasteiger partial charge >= 0.3 is 5.69 Å². The van der Waals surface area contributed by atoms with Gasteiger partial charge in [0, 0.05) is 11.3 Å². The lowest BCUT2D eigenvalue weighted by molar-refractivity contribution is -0.0666. The summed E-state index contributed by atoms with van der Waals surface area (Å²) in [7, 11) is 0. The molecule has 0 aromatic carbocycles. The van der Waals surface area contributed by atoms with Crippen molar-refractivity contribution in [3.05, 3.63) is 54.2 Å². The van der Waals surface area contributed by atoms with E-state index in [-0.39, 0.29) is 13.0 Å². The fourth-order valence-electron chi connectivity index (χ4n) is 2.42. The zero-order valence-electron chi connectivity index (χ0n) is 12.3. The molecule has 130 valence electrons. The van der Waals surface area contributed by atoms with Crippen LogP contribution >= 0.6 is 22.9 Å². The maximum Gasteiger partial charge on any atom is 0.330 e. The predicted molar refractivity (Wildman–Crippen MR) is 84.8 cm³/mol. The van der Waals surface area contributed by atoms with E-state index < -0.39 is 35.5 Å². The van der Waals surface area contributed by atoms with Gasteiger partial charge < -0.3 is 14.6 Å². The molecule has 3 heterocycles. The monoisotopic (exact) mass is 376 g/mol. The van der Waals surface area contributed by atoms with Crippen LogP contribution in [-0.4, -0.2) is 33.5 Å². The summed E-state index contributed by atoms with van der Waals surface area (Å²) < 4.78 is 26.0. The second-order valence-electron chi connectivity index (χ2n) is 5.30. The van der Waals surface area contributed by atoms with Crippen LogP contribution in [0.5, 0.6) is 0 Å². The highest BCUT2D eigenvalue weighted by molar-refractivity contribution is 7.16. The van der Waals surface area contributed by atoms with E-state index in [0.717, 1.165) is 15.6 Å². The molecule has 0 unspecified atom stereocenters. The van der Waals surface area contributed by atoms with Crippen molar-refractivity contribution < 1.29 is 19.0 Å². The number of ether oxygens (including phenoxy) is 2. The number of hydrogen-bond donors (Lipinski definition) is 2. The van der Waals surface area contributed by atoms with Gasteiger partial charge in [0.2, 0.25) is 5.82 Å². The van der Waals surface area contributed by atoms with Gasteiger partial charge in [0.05, 0.1) is 29.9 Å². The molecule has 0 saturated carbocycles. The van der Waals surface area contributed by atoms with Crippen molar-refractivity contribution in [2.45, 2.75) is 31.5 Å². The van der Waals surface area contributed by atoms with Gasteiger partial charge in [-0.1, -0.05) is 11.6 Å². The number of aliphatic hydroxyl groups excluding tert-OH is 1. The van der Waals surface area contributed by atoms with Crippen molar-refractivity contribution in [3.8, 4) is 0 Å². The van der Waals surface area contributed by atoms with Crippen molar-refractivity contribution in [1.29, 1.82) is 0 Å². The molecule has 0 aliphatic carbocycles. The van der Waals surface area contributed by atoms with Gasteiger partial charge in [-0.25, -0.2) is 4.79 Å². The third-order valence-electron chi connectivity index (χ3n) is 3.59. The molecule has 0 bridgehead atoms. The first-order chi connectivity index (χ1) is 11.4. The van der Waals surface area contributed by atoms with Crippen molar-refractivity contribution in [3.63, 3.8) is 0 Å². The molecule has 7 nitrogen and oxygen atoms in total. The van der Waals surface area contributed by atoms with Gasteiger partial charge in [-0.05, 0) is 12.1 Å². The van der Waals surface area contributed by atoms with Gasteiger partial charge in [-0.2, -0.15) is 4.39 Å². The molecular weight excluding hydrogens is 363 g/mol. The summed E-state index contributed by atoms with van der Waals surface area (Å²) in [6.07, 6.45) is -1.54. The Bertz CT molecular complexity index is 835. The maximum atomic E-state index is 13.3. The lowest BCUT2D eigenvalue weighted by Gasteiger charge is -2.16. The standard InChI is InChI=1S/C14H14ClFN2O5S/c15-11-2-1-7(24-11)5-22-6-10-9(19)3-12(23-10)18-4-8(16)13(20)17-14(18)21/h1-2,4,9-10,12,19H,3,5-6H2,(H,17,20,21)/t9-,10+,12+/m0/s1. The van der Waals surface area contributed by atoms with E-state index in [2.05, 4.69) is 0 Å². The highest BCUT2D eigenvalue weighted by Gasteiger charge is 2.35. The molecule has 0 radical (unpaired) electrons. The SMILES string of the molecule is O=c1[nH]c(=O)n([C@H]2C[C@H](O)[C@@H](COCc3ccc(Cl)s3)O2)cc1F. The number of rotatable bonds is 5. The number of nitrogens with zero attached hydrogens (tertiary/aromatic N) is 1. The smallest absolute Gasteiger partial charge is 0.330 e. The zero-order chi connectivity index (χ0) is 17.3. The summed E-state index contributed by atoms with van der Waals surface area (Å²) in [4.78, 5) is 25.6. The van der Waals surface area contributed by atoms with E-state index in [0.29, 0.717) is 10.9 Å². The van der Waals surface area contributed by atoms with Crippen LogP contribution in [0.15, 0.2) is 27.9 Å². The van der Waals surface area contributed by atoms with E-state index in [9.17, 15) is 19.1 Å². The molecule has 10 heteroatoms. The number of hydrogen-bond acceptors (Lipinski definition) is 6. The van der Waals surface area contributed by atoms with Crippen molar-refractivity contribution in [1.82, 2.24) is 9.55 Å². The zero-order valence-corrected chi connectivity index (χ0v) is 13.8. The second-order valence-corrected chi connectivity index (χ2v) is 7.10. The Morgan fingerprint density at radius 2 is 2.29 bits per heavy atom. The molecule has 2 N–H and O–H groups in total. The summed E-state index contributed by atoms with van der Waals surface area (Å²) in [6.45, 7) is 0.426. The fourth-order valence-corrected chi connectivity index (χ4v) is 3.44. The first kappa shape index (κ1) is 17.3.